The summed E-state index contributed by atoms with van der Waals surface area (Å²) in [6.07, 6.45) is 8.11. The van der Waals surface area contributed by atoms with Crippen LogP contribution >= 0.6 is 28.2 Å². The van der Waals surface area contributed by atoms with E-state index < -0.39 is 5.97 Å². The van der Waals surface area contributed by atoms with Crippen molar-refractivity contribution in [1.82, 2.24) is 24.8 Å². The summed E-state index contributed by atoms with van der Waals surface area (Å²) < 4.78 is 1.49. The quantitative estimate of drug-likeness (QED) is 0.0886. The third-order valence-corrected chi connectivity index (χ3v) is 3.74. The third-order valence-electron chi connectivity index (χ3n) is 2.92. The van der Waals surface area contributed by atoms with E-state index in [4.69, 9.17) is 11.5 Å². The summed E-state index contributed by atoms with van der Waals surface area (Å²) in [5, 5.41) is 13.8. The molecule has 0 fully saturated rings. The second kappa shape index (κ2) is 138. The molecule has 0 bridgehead atoms. The van der Waals surface area contributed by atoms with Gasteiger partial charge in [-0.2, -0.15) is 0 Å². The smallest absolute Gasteiger partial charge is 0.352 e. The Hall–Kier alpha value is 3.60. The second-order valence-electron chi connectivity index (χ2n) is 5.23. The molecule has 0 aliphatic rings. The number of terminal acetylenes is 1. The van der Waals surface area contributed by atoms with Gasteiger partial charge in [0.05, 0.1) is 19.6 Å². The molecule has 0 aromatic carbocycles. The zero-order valence-corrected chi connectivity index (χ0v) is 62.2. The second-order valence-corrected chi connectivity index (χ2v) is 6.67. The van der Waals surface area contributed by atoms with E-state index in [1.807, 2.05) is 90.0 Å². The van der Waals surface area contributed by atoms with E-state index in [1.165, 1.54) is 10.7 Å². The van der Waals surface area contributed by atoms with Crippen LogP contribution in [-0.2, 0) is 98.1 Å². The average Bonchev–Trinajstić information content (AvgIpc) is 3.90. The van der Waals surface area contributed by atoms with Crippen LogP contribution in [-0.4, -0.2) is 51.3 Å². The summed E-state index contributed by atoms with van der Waals surface area (Å²) in [7, 11) is 7.03. The van der Waals surface area contributed by atoms with Crippen LogP contribution in [0, 0.1) is 152 Å². The van der Waals surface area contributed by atoms with Gasteiger partial charge in [0.25, 0.3) is 5.91 Å². The van der Waals surface area contributed by atoms with Crippen molar-refractivity contribution in [3.05, 3.63) is 83.5 Å². The molecule has 8 nitrogen and oxygen atoms in total. The minimum absolute atomic E-state index is 0. The zero-order chi connectivity index (χ0) is 38.6. The molecular weight excluding hydrogens is 1650 g/mol. The first kappa shape index (κ1) is 118. The zero-order valence-electron chi connectivity index (χ0n) is 37.8. The first-order chi connectivity index (χ1) is 22.4. The Morgan fingerprint density at radius 1 is 0.727 bits per heavy atom. The summed E-state index contributed by atoms with van der Waals surface area (Å²) in [5.41, 5.74) is 0.804. The number of aromatic nitrogens is 2. The summed E-state index contributed by atoms with van der Waals surface area (Å²) in [6, 6.07) is 6.67. The molecule has 3 radical (unpaired) electrons. The van der Waals surface area contributed by atoms with Gasteiger partial charge in [-0.1, -0.05) is 120 Å². The summed E-state index contributed by atoms with van der Waals surface area (Å²) in [6.45, 7) is 35.4. The predicted octanol–water partition coefficient (Wildman–Crippen LogP) is 10.9. The van der Waals surface area contributed by atoms with Gasteiger partial charge in [0.1, 0.15) is 11.4 Å². The third kappa shape index (κ3) is 120. The molecule has 2 aromatic heterocycles. The van der Waals surface area contributed by atoms with E-state index in [0.29, 0.717) is 18.8 Å². The van der Waals surface area contributed by atoms with Crippen LogP contribution in [0.15, 0.2) is 49.8 Å². The van der Waals surface area contributed by atoms with Gasteiger partial charge < -0.3 is 42.0 Å². The SMILES string of the molecule is C#CCNP.C=C.CC.CC.CC.CC.CC.CC.CC#CCN(P)C(=O)c1ccc[nH]1.CC#CCNP.O=C(O)c1ccc[nH]1.[2HH].[CH3-].[CH3-].[CH3-].[U].[U].[U].[Y].[Y].[Y]. The van der Waals surface area contributed by atoms with Crippen LogP contribution in [0.1, 0.15) is 119 Å². The van der Waals surface area contributed by atoms with E-state index in [2.05, 4.69) is 91.1 Å². The van der Waals surface area contributed by atoms with E-state index in [0.717, 1.165) is 6.54 Å². The van der Waals surface area contributed by atoms with Gasteiger partial charge in [-0.25, -0.2) is 4.79 Å². The first-order valence-electron chi connectivity index (χ1n) is 15.6. The predicted molar refractivity (Wildman–Crippen MR) is 241 cm³/mol. The fraction of sp³-hybridized carbons (Fsp3) is 0.447. The van der Waals surface area contributed by atoms with Crippen LogP contribution in [0.2, 0.25) is 0 Å². The molecule has 0 saturated carbocycles. The molecule has 2 aromatic rings. The van der Waals surface area contributed by atoms with Crippen molar-refractivity contribution in [1.29, 1.82) is 0 Å². The molecule has 0 spiro atoms. The number of carboxylic acid groups (broad SMARTS) is 1. The molecule has 315 valence electrons. The topological polar surface area (TPSA) is 113 Å². The molecule has 0 aliphatic heterocycles. The number of H-pyrrole nitrogens is 2. The van der Waals surface area contributed by atoms with E-state index in [9.17, 15) is 9.59 Å². The van der Waals surface area contributed by atoms with Crippen molar-refractivity contribution < 1.29 is 208 Å². The molecule has 3 unspecified atom stereocenters. The van der Waals surface area contributed by atoms with Crippen LogP contribution in [0.3, 0.4) is 0 Å². The van der Waals surface area contributed by atoms with Gasteiger partial charge in [-0.05, 0) is 47.5 Å². The largest absolute Gasteiger partial charge is 0.477 e. The average molecular weight is 1730 g/mol. The Bertz CT molecular complexity index is 967. The van der Waals surface area contributed by atoms with E-state index in [1.54, 1.807) is 37.5 Å². The van der Waals surface area contributed by atoms with Gasteiger partial charge >= 0.3 is 5.97 Å². The number of carboxylic acids is 1. The number of nitrogens with one attached hydrogen (secondary N) is 4. The van der Waals surface area contributed by atoms with Gasteiger partial charge in [0.15, 0.2) is 0 Å². The van der Waals surface area contributed by atoms with Crippen molar-refractivity contribution in [2.75, 3.05) is 19.6 Å². The number of carbonyl (C=O) groups is 2. The van der Waals surface area contributed by atoms with Crippen LogP contribution in [0.25, 0.3) is 0 Å². The molecule has 2 rings (SSSR count). The van der Waals surface area contributed by atoms with Crippen molar-refractivity contribution >= 4 is 40.0 Å². The number of hydrogen-bond acceptors (Lipinski definition) is 4. The number of nitrogens with zero attached hydrogens (tertiary/aromatic N) is 1. The molecule has 0 aliphatic carbocycles. The Balaban J connectivity index is -0.0000000169. The van der Waals surface area contributed by atoms with Crippen molar-refractivity contribution in [3.8, 4) is 36.0 Å². The Morgan fingerprint density at radius 2 is 1.04 bits per heavy atom. The number of aromatic carboxylic acids is 1. The Labute approximate surface area is 500 Å². The molecule has 55 heavy (non-hydrogen) atoms. The van der Waals surface area contributed by atoms with E-state index >= 15 is 0 Å². The number of rotatable bonds is 5. The molecular formula is C38H81N5O3P3U3Y3-3. The van der Waals surface area contributed by atoms with E-state index in [-0.39, 0.29) is 227 Å². The normalized spacial score (nSPS) is 5.38. The summed E-state index contributed by atoms with van der Waals surface area (Å²) in [4.78, 5) is 26.9. The maximum atomic E-state index is 11.5. The summed E-state index contributed by atoms with van der Waals surface area (Å²) in [5.74, 6) is 12.5. The number of aromatic amines is 2. The fourth-order valence-corrected chi connectivity index (χ4v) is 1.97. The maximum absolute atomic E-state index is 11.5. The number of hydrogen-bond donors (Lipinski definition) is 5. The van der Waals surface area contributed by atoms with Crippen molar-refractivity contribution in [3.63, 3.8) is 0 Å². The first-order valence-corrected chi connectivity index (χ1v) is 17.2. The van der Waals surface area contributed by atoms with Crippen LogP contribution in [0.4, 0.5) is 0 Å². The molecule has 17 heteroatoms. The van der Waals surface area contributed by atoms with Crippen LogP contribution < -0.4 is 10.2 Å². The molecule has 1 amide bonds. The molecule has 0 saturated heterocycles. The molecule has 5 N–H and O–H groups in total. The Kier molecular flexibility index (Phi) is 295. The van der Waals surface area contributed by atoms with Gasteiger partial charge in [-0.3, -0.25) is 15.0 Å². The molecule has 2 heterocycles. The van der Waals surface area contributed by atoms with Crippen molar-refractivity contribution in [2.45, 2.75) is 96.9 Å². The maximum Gasteiger partial charge on any atom is 0.352 e. The minimum Gasteiger partial charge on any atom is -0.477 e. The van der Waals surface area contributed by atoms with Gasteiger partial charge in [0, 0.05) is 205 Å². The minimum atomic E-state index is -0.921. The Morgan fingerprint density at radius 3 is 1.20 bits per heavy atom. The number of amides is 1. The van der Waals surface area contributed by atoms with Gasteiger partial charge in [-0.15, -0.1) is 31.4 Å². The number of carbonyl (C=O) groups excluding carboxylic acids is 1. The summed E-state index contributed by atoms with van der Waals surface area (Å²) >= 11 is 0. The monoisotopic (exact) mass is 1730 g/mol. The van der Waals surface area contributed by atoms with Gasteiger partial charge in [0.2, 0.25) is 0 Å². The van der Waals surface area contributed by atoms with Crippen LogP contribution in [0.5, 0.6) is 0 Å². The fourth-order valence-electron chi connectivity index (χ4n) is 1.52. The van der Waals surface area contributed by atoms with Crippen molar-refractivity contribution in [2.24, 2.45) is 0 Å². The molecule has 3 atom stereocenters. The standard InChI is InChI=1S/C9H11N2OP.C5H5NO2.C4H8NP.C3H6NP.6C2H6.C2H4.3CH3.3U.3Y.H2/c1-2-3-7-11(13)9(12)8-5-4-6-10-8;7-5(8)4-2-1-3-6-4;1-2-3-4-5-6;1-2-3-4-5;7*1-2;;;;;;;;;;/h4-6,10H,7,13H2,1H3;1-3,6H,(H,7,8);5H,4,6H2,1H3;1,4H,3,5H2;6*1-2H3;1-2H2;3*1H3;;;;;;;1H/q;;;;;;;;;;;3*-1;;;;;;;/i;;;;;;;;;;;;;;;;;;;;1+1.